The van der Waals surface area contributed by atoms with Crippen molar-refractivity contribution in [1.29, 1.82) is 0 Å². The van der Waals surface area contributed by atoms with Crippen LogP contribution in [0.5, 0.6) is 0 Å². The third kappa shape index (κ3) is 7.51. The standard InChI is InChI=1S/C34H38N2O8/c1-23(37)36-34(22-43-24(2)38)32-29(35-33(34)39)31(42-20-27-16-10-5-11-17-27)30(41-19-26-14-8-4-9-15-26)28(44-32)21-40-18-25-12-6-3-7-13-25/h3-17,28-32H,18-22H2,1-2H3,(H,35,39)(H,36,37)/t28-,29-,30+,31-,32+,34-/m1/s1. The van der Waals surface area contributed by atoms with E-state index in [1.807, 2.05) is 91.0 Å². The van der Waals surface area contributed by atoms with Crippen LogP contribution in [0.2, 0.25) is 0 Å². The maximum atomic E-state index is 13.7. The van der Waals surface area contributed by atoms with Gasteiger partial charge in [0.2, 0.25) is 5.91 Å². The van der Waals surface area contributed by atoms with E-state index in [-0.39, 0.29) is 19.8 Å². The molecule has 2 amide bonds. The minimum Gasteiger partial charge on any atom is -0.463 e. The van der Waals surface area contributed by atoms with Crippen LogP contribution in [0.4, 0.5) is 0 Å². The summed E-state index contributed by atoms with van der Waals surface area (Å²) < 4.78 is 31.2. The van der Waals surface area contributed by atoms with E-state index in [0.717, 1.165) is 16.7 Å². The lowest BCUT2D eigenvalue weighted by Crippen LogP contribution is -2.69. The number of ether oxygens (including phenoxy) is 5. The Balaban J connectivity index is 1.48. The Bertz CT molecular complexity index is 1390. The number of nitrogens with one attached hydrogen (secondary N) is 2. The number of fused-ring (bicyclic) bond motifs is 1. The van der Waals surface area contributed by atoms with Gasteiger partial charge in [0.05, 0.1) is 32.5 Å². The fourth-order valence-corrected chi connectivity index (χ4v) is 5.71. The number of rotatable bonds is 13. The molecule has 2 heterocycles. The summed E-state index contributed by atoms with van der Waals surface area (Å²) in [6.07, 6.45) is -3.04. The van der Waals surface area contributed by atoms with Crippen molar-refractivity contribution < 1.29 is 38.1 Å². The largest absolute Gasteiger partial charge is 0.463 e. The Labute approximate surface area is 257 Å². The van der Waals surface area contributed by atoms with Gasteiger partial charge in [0.15, 0.2) is 5.54 Å². The number of amides is 2. The molecule has 0 spiro atoms. The van der Waals surface area contributed by atoms with Crippen LogP contribution in [0.3, 0.4) is 0 Å². The summed E-state index contributed by atoms with van der Waals surface area (Å²) in [6.45, 7) is 3.09. The molecule has 44 heavy (non-hydrogen) atoms. The zero-order valence-electron chi connectivity index (χ0n) is 24.8. The predicted molar refractivity (Wildman–Crippen MR) is 160 cm³/mol. The van der Waals surface area contributed by atoms with Crippen LogP contribution in [0.15, 0.2) is 91.0 Å². The first-order chi connectivity index (χ1) is 21.4. The number of carbonyl (C=O) groups is 3. The van der Waals surface area contributed by atoms with Crippen molar-refractivity contribution in [1.82, 2.24) is 10.6 Å². The number of hydrogen-bond acceptors (Lipinski definition) is 8. The minimum atomic E-state index is -1.68. The molecule has 2 fully saturated rings. The highest BCUT2D eigenvalue weighted by Gasteiger charge is 2.64. The van der Waals surface area contributed by atoms with Gasteiger partial charge in [-0.15, -0.1) is 0 Å². The van der Waals surface area contributed by atoms with Crippen molar-refractivity contribution in [2.45, 2.75) is 69.7 Å². The van der Waals surface area contributed by atoms with E-state index >= 15 is 0 Å². The molecule has 6 atom stereocenters. The number of carbonyl (C=O) groups excluding carboxylic acids is 3. The van der Waals surface area contributed by atoms with Crippen LogP contribution in [-0.2, 0) is 57.9 Å². The van der Waals surface area contributed by atoms with Gasteiger partial charge >= 0.3 is 5.97 Å². The Hall–Kier alpha value is -4.09. The third-order valence-electron chi connectivity index (χ3n) is 7.75. The molecule has 2 aliphatic rings. The Morgan fingerprint density at radius 2 is 1.32 bits per heavy atom. The highest BCUT2D eigenvalue weighted by Crippen LogP contribution is 2.37. The lowest BCUT2D eigenvalue weighted by atomic mass is 9.84. The van der Waals surface area contributed by atoms with Crippen LogP contribution < -0.4 is 10.6 Å². The average molecular weight is 603 g/mol. The second-order valence-electron chi connectivity index (χ2n) is 11.1. The quantitative estimate of drug-likeness (QED) is 0.287. The molecule has 10 nitrogen and oxygen atoms in total. The summed E-state index contributed by atoms with van der Waals surface area (Å²) in [6, 6.07) is 28.4. The molecular formula is C34H38N2O8. The minimum absolute atomic E-state index is 0.112. The number of esters is 1. The highest BCUT2D eigenvalue weighted by atomic mass is 16.6. The zero-order chi connectivity index (χ0) is 30.9. The van der Waals surface area contributed by atoms with Gasteiger partial charge in [0, 0.05) is 13.8 Å². The van der Waals surface area contributed by atoms with Gasteiger partial charge in [-0.2, -0.15) is 0 Å². The summed E-state index contributed by atoms with van der Waals surface area (Å²) in [7, 11) is 0. The molecule has 10 heteroatoms. The maximum Gasteiger partial charge on any atom is 0.302 e. The second-order valence-corrected chi connectivity index (χ2v) is 11.1. The van der Waals surface area contributed by atoms with Crippen molar-refractivity contribution in [3.8, 4) is 0 Å². The van der Waals surface area contributed by atoms with Crippen molar-refractivity contribution in [3.05, 3.63) is 108 Å². The first-order valence-corrected chi connectivity index (χ1v) is 14.7. The summed E-state index contributed by atoms with van der Waals surface area (Å²) in [5, 5.41) is 5.72. The molecule has 232 valence electrons. The van der Waals surface area contributed by atoms with Crippen molar-refractivity contribution in [2.75, 3.05) is 13.2 Å². The van der Waals surface area contributed by atoms with Crippen molar-refractivity contribution in [2.24, 2.45) is 0 Å². The monoisotopic (exact) mass is 602 g/mol. The van der Waals surface area contributed by atoms with Crippen molar-refractivity contribution >= 4 is 17.8 Å². The summed E-state index contributed by atoms with van der Waals surface area (Å²) >= 11 is 0. The molecule has 2 N–H and O–H groups in total. The predicted octanol–water partition coefficient (Wildman–Crippen LogP) is 3.08. The molecule has 0 bridgehead atoms. The van der Waals surface area contributed by atoms with Crippen LogP contribution in [0.1, 0.15) is 30.5 Å². The number of benzene rings is 3. The topological polar surface area (TPSA) is 121 Å². The van der Waals surface area contributed by atoms with Crippen LogP contribution in [-0.4, -0.2) is 67.0 Å². The van der Waals surface area contributed by atoms with Crippen molar-refractivity contribution in [3.63, 3.8) is 0 Å². The summed E-state index contributed by atoms with van der Waals surface area (Å²) in [5.41, 5.74) is 1.20. The average Bonchev–Trinajstić information content (AvgIpc) is 3.29. The summed E-state index contributed by atoms with van der Waals surface area (Å²) in [5.74, 6) is -1.60. The normalized spacial score (nSPS) is 26.0. The lowest BCUT2D eigenvalue weighted by molar-refractivity contribution is -0.236. The van der Waals surface area contributed by atoms with E-state index in [1.54, 1.807) is 0 Å². The zero-order valence-corrected chi connectivity index (χ0v) is 24.8. The van der Waals surface area contributed by atoms with Gasteiger partial charge in [-0.25, -0.2) is 0 Å². The Kier molecular flexibility index (Phi) is 10.4. The first-order valence-electron chi connectivity index (χ1n) is 14.7. The van der Waals surface area contributed by atoms with Gasteiger partial charge in [-0.05, 0) is 16.7 Å². The third-order valence-corrected chi connectivity index (χ3v) is 7.75. The van der Waals surface area contributed by atoms with Crippen LogP contribution in [0.25, 0.3) is 0 Å². The van der Waals surface area contributed by atoms with Crippen LogP contribution >= 0.6 is 0 Å². The molecular weight excluding hydrogens is 564 g/mol. The van der Waals surface area contributed by atoms with Crippen LogP contribution in [0, 0.1) is 0 Å². The van der Waals surface area contributed by atoms with E-state index in [9.17, 15) is 14.4 Å². The molecule has 0 unspecified atom stereocenters. The molecule has 0 aromatic heterocycles. The fraction of sp³-hybridized carbons (Fsp3) is 0.382. The second kappa shape index (κ2) is 14.6. The molecule has 3 aromatic carbocycles. The molecule has 0 saturated carbocycles. The first kappa shape index (κ1) is 31.3. The van der Waals surface area contributed by atoms with E-state index in [1.165, 1.54) is 13.8 Å². The maximum absolute atomic E-state index is 13.7. The highest BCUT2D eigenvalue weighted by molar-refractivity contribution is 5.95. The van der Waals surface area contributed by atoms with E-state index < -0.39 is 60.4 Å². The van der Waals surface area contributed by atoms with Gasteiger partial charge < -0.3 is 34.3 Å². The molecule has 5 rings (SSSR count). The molecule has 2 aliphatic heterocycles. The fourth-order valence-electron chi connectivity index (χ4n) is 5.71. The number of hydrogen-bond donors (Lipinski definition) is 2. The molecule has 0 radical (unpaired) electrons. The van der Waals surface area contributed by atoms with E-state index in [2.05, 4.69) is 10.6 Å². The van der Waals surface area contributed by atoms with Gasteiger partial charge in [0.1, 0.15) is 31.0 Å². The van der Waals surface area contributed by atoms with Gasteiger partial charge in [-0.1, -0.05) is 91.0 Å². The molecule has 2 saturated heterocycles. The Morgan fingerprint density at radius 3 is 1.84 bits per heavy atom. The summed E-state index contributed by atoms with van der Waals surface area (Å²) in [4.78, 5) is 38.0. The molecule has 3 aromatic rings. The van der Waals surface area contributed by atoms with Gasteiger partial charge in [0.25, 0.3) is 5.91 Å². The SMILES string of the molecule is CC(=O)N[C@@]1(COC(C)=O)C(=O)N[C@@H]2[C@@H](OCc3ccccc3)[C@@H](OCc3ccccc3)[C@@H](COCc3ccccc3)O[C@@H]21. The Morgan fingerprint density at radius 1 is 0.795 bits per heavy atom. The van der Waals surface area contributed by atoms with E-state index in [0.29, 0.717) is 6.61 Å². The smallest absolute Gasteiger partial charge is 0.302 e. The lowest BCUT2D eigenvalue weighted by Gasteiger charge is -2.46. The van der Waals surface area contributed by atoms with Gasteiger partial charge in [-0.3, -0.25) is 14.4 Å². The molecule has 0 aliphatic carbocycles. The van der Waals surface area contributed by atoms with E-state index in [4.69, 9.17) is 23.7 Å².